The minimum Gasteiger partial charge on any atom is -0.457 e. The summed E-state index contributed by atoms with van der Waals surface area (Å²) in [6, 6.07) is 57.1. The average Bonchev–Trinajstić information content (AvgIpc) is 3.40. The Morgan fingerprint density at radius 2 is 0.814 bits per heavy atom. The Hall–Kier alpha value is -6.26. The molecule has 10 atom stereocenters. The molecule has 0 amide bonds. The van der Waals surface area contributed by atoms with Crippen molar-refractivity contribution in [2.75, 3.05) is 13.2 Å². The zero-order valence-corrected chi connectivity index (χ0v) is 39.1. The fraction of sp³-hybridized carbons (Fsp3) is 0.339. The maximum absolute atomic E-state index is 13.3. The van der Waals surface area contributed by atoms with Crippen molar-refractivity contribution < 1.29 is 52.2 Å². The molecule has 2 heterocycles. The Kier molecular flexibility index (Phi) is 19.1. The number of carbonyl (C=O) groups excluding carboxylic acids is 1. The third-order valence-electron chi connectivity index (χ3n) is 11.9. The Morgan fingerprint density at radius 3 is 1.23 bits per heavy atom. The van der Waals surface area contributed by atoms with Gasteiger partial charge in [-0.25, -0.2) is 0 Å². The van der Waals surface area contributed by atoms with Crippen LogP contribution < -0.4 is 0 Å². The number of azide groups is 1. The van der Waals surface area contributed by atoms with Crippen molar-refractivity contribution in [3.8, 4) is 0 Å². The standard InChI is InChI=1S/C56H59N3O11/c1-40(60)67-53-51(48(39-62-33-42-22-10-3-11-23-42)69-56(66-37-46-30-18-7-19-31-46)54(53)65-36-45-28-16-6-17-29-45)70-55-49(58-59-57)52(64-35-44-26-14-5-15-27-44)50(63-34-43-24-12-4-13-25-43)47(68-55)38-61-32-41-20-8-2-9-21-41/h2-31,47-56H,32-39H2,1H3/t47-,48-,49-,50+,51+,52-,53+,54-,55-,56-/m1/s1. The van der Waals surface area contributed by atoms with Crippen LogP contribution in [-0.4, -0.2) is 80.5 Å². The molecule has 364 valence electrons. The lowest BCUT2D eigenvalue weighted by Gasteiger charge is -2.49. The van der Waals surface area contributed by atoms with Gasteiger partial charge in [0, 0.05) is 11.8 Å². The van der Waals surface area contributed by atoms with Crippen LogP contribution in [0.2, 0.25) is 0 Å². The summed E-state index contributed by atoms with van der Waals surface area (Å²) in [5.41, 5.74) is 15.8. The number of hydrogen-bond donors (Lipinski definition) is 0. The van der Waals surface area contributed by atoms with Crippen molar-refractivity contribution in [1.29, 1.82) is 0 Å². The van der Waals surface area contributed by atoms with Gasteiger partial charge in [-0.05, 0) is 38.9 Å². The van der Waals surface area contributed by atoms with Crippen molar-refractivity contribution in [2.24, 2.45) is 5.11 Å². The molecule has 14 nitrogen and oxygen atoms in total. The summed E-state index contributed by atoms with van der Waals surface area (Å²) in [7, 11) is 0. The monoisotopic (exact) mass is 949 g/mol. The molecule has 0 unspecified atom stereocenters. The number of esters is 1. The van der Waals surface area contributed by atoms with Crippen LogP contribution in [0.3, 0.4) is 0 Å². The predicted molar refractivity (Wildman–Crippen MR) is 259 cm³/mol. The van der Waals surface area contributed by atoms with Gasteiger partial charge in [-0.1, -0.05) is 187 Å². The highest BCUT2D eigenvalue weighted by molar-refractivity contribution is 5.66. The lowest BCUT2D eigenvalue weighted by atomic mass is 9.95. The second kappa shape index (κ2) is 26.6. The summed E-state index contributed by atoms with van der Waals surface area (Å²) in [6.07, 6.45) is -9.33. The SMILES string of the molecule is CC(=O)O[C@H]1[C@@H](O[C@H]2O[C@H](COCc3ccccc3)[C@H](OCc3ccccc3)[C@H](OCc3ccccc3)[C@H]2N=[N+]=[N-])[C@@H](COCc2ccccc2)O[C@@H](OCc2ccccc2)[C@@H]1OCc1ccccc1. The minimum absolute atomic E-state index is 0.0345. The molecule has 0 N–H and O–H groups in total. The third-order valence-corrected chi connectivity index (χ3v) is 11.9. The summed E-state index contributed by atoms with van der Waals surface area (Å²) in [4.78, 5) is 16.6. The first-order valence-corrected chi connectivity index (χ1v) is 23.5. The van der Waals surface area contributed by atoms with Crippen molar-refractivity contribution >= 4 is 5.97 Å². The van der Waals surface area contributed by atoms with E-state index in [-0.39, 0.29) is 52.9 Å². The zero-order chi connectivity index (χ0) is 48.2. The van der Waals surface area contributed by atoms with Crippen LogP contribution in [0.25, 0.3) is 10.4 Å². The Labute approximate surface area is 408 Å². The highest BCUT2D eigenvalue weighted by atomic mass is 16.8. The normalized spacial score (nSPS) is 24.3. The molecular weight excluding hydrogens is 891 g/mol. The van der Waals surface area contributed by atoms with E-state index in [0.29, 0.717) is 0 Å². The van der Waals surface area contributed by atoms with Gasteiger partial charge in [-0.15, -0.1) is 0 Å². The van der Waals surface area contributed by atoms with Gasteiger partial charge in [0.1, 0.15) is 42.7 Å². The number of ether oxygens (including phenoxy) is 10. The van der Waals surface area contributed by atoms with E-state index in [2.05, 4.69) is 10.0 Å². The molecule has 0 radical (unpaired) electrons. The maximum Gasteiger partial charge on any atom is 0.303 e. The average molecular weight is 950 g/mol. The smallest absolute Gasteiger partial charge is 0.303 e. The van der Waals surface area contributed by atoms with Gasteiger partial charge in [0.05, 0.1) is 52.9 Å². The van der Waals surface area contributed by atoms with Crippen LogP contribution in [0.1, 0.15) is 40.3 Å². The first-order valence-electron chi connectivity index (χ1n) is 23.5. The van der Waals surface area contributed by atoms with Crippen LogP contribution in [0.5, 0.6) is 0 Å². The zero-order valence-electron chi connectivity index (χ0n) is 39.1. The Morgan fingerprint density at radius 1 is 0.457 bits per heavy atom. The Balaban J connectivity index is 1.16. The molecule has 0 aromatic heterocycles. The van der Waals surface area contributed by atoms with Crippen LogP contribution in [0.15, 0.2) is 187 Å². The molecule has 0 aliphatic carbocycles. The molecule has 0 spiro atoms. The van der Waals surface area contributed by atoms with Gasteiger partial charge in [0.25, 0.3) is 0 Å². The largest absolute Gasteiger partial charge is 0.457 e. The molecule has 6 aromatic carbocycles. The van der Waals surface area contributed by atoms with Crippen molar-refractivity contribution in [2.45, 2.75) is 108 Å². The molecule has 2 saturated heterocycles. The molecular formula is C56H59N3O11. The summed E-state index contributed by atoms with van der Waals surface area (Å²) < 4.78 is 66.6. The second-order valence-corrected chi connectivity index (χ2v) is 17.0. The van der Waals surface area contributed by atoms with E-state index in [9.17, 15) is 10.3 Å². The summed E-state index contributed by atoms with van der Waals surface area (Å²) in [6.45, 7) is 2.48. The summed E-state index contributed by atoms with van der Waals surface area (Å²) >= 11 is 0. The van der Waals surface area contributed by atoms with Gasteiger partial charge in [0.15, 0.2) is 18.7 Å². The molecule has 2 aliphatic rings. The number of rotatable bonds is 24. The molecule has 8 rings (SSSR count). The fourth-order valence-electron chi connectivity index (χ4n) is 8.47. The quantitative estimate of drug-likeness (QED) is 0.0246. The van der Waals surface area contributed by atoms with E-state index in [4.69, 9.17) is 47.4 Å². The number of hydrogen-bond acceptors (Lipinski definition) is 12. The van der Waals surface area contributed by atoms with Crippen molar-refractivity contribution in [3.63, 3.8) is 0 Å². The highest BCUT2D eigenvalue weighted by Gasteiger charge is 2.55. The number of nitrogens with zero attached hydrogens (tertiary/aromatic N) is 3. The summed E-state index contributed by atoms with van der Waals surface area (Å²) in [5, 5.41) is 4.33. The van der Waals surface area contributed by atoms with E-state index in [1.54, 1.807) is 0 Å². The van der Waals surface area contributed by atoms with Gasteiger partial charge < -0.3 is 47.4 Å². The molecule has 2 aliphatic heterocycles. The topological polar surface area (TPSA) is 158 Å². The lowest BCUT2D eigenvalue weighted by molar-refractivity contribution is -0.358. The van der Waals surface area contributed by atoms with Crippen molar-refractivity contribution in [3.05, 3.63) is 226 Å². The number of carbonyl (C=O) groups is 1. The maximum atomic E-state index is 13.3. The molecule has 0 saturated carbocycles. The van der Waals surface area contributed by atoms with Gasteiger partial charge >= 0.3 is 5.97 Å². The van der Waals surface area contributed by atoms with Crippen molar-refractivity contribution in [1.82, 2.24) is 0 Å². The van der Waals surface area contributed by atoms with Crippen LogP contribution >= 0.6 is 0 Å². The van der Waals surface area contributed by atoms with E-state index >= 15 is 0 Å². The van der Waals surface area contributed by atoms with Crippen LogP contribution in [0, 0.1) is 0 Å². The van der Waals surface area contributed by atoms with E-state index in [1.165, 1.54) is 6.92 Å². The van der Waals surface area contributed by atoms with Crippen LogP contribution in [-0.2, 0) is 91.8 Å². The first-order chi connectivity index (χ1) is 34.5. The summed E-state index contributed by atoms with van der Waals surface area (Å²) in [5.74, 6) is -0.596. The number of benzene rings is 6. The lowest BCUT2D eigenvalue weighted by Crippen LogP contribution is -2.66. The predicted octanol–water partition coefficient (Wildman–Crippen LogP) is 9.84. The minimum atomic E-state index is -1.33. The van der Waals surface area contributed by atoms with Crippen LogP contribution in [0.4, 0.5) is 0 Å². The van der Waals surface area contributed by atoms with Gasteiger partial charge in [-0.3, -0.25) is 4.79 Å². The van der Waals surface area contributed by atoms with Gasteiger partial charge in [-0.2, -0.15) is 0 Å². The molecule has 14 heteroatoms. The highest BCUT2D eigenvalue weighted by Crippen LogP contribution is 2.37. The molecule has 0 bridgehead atoms. The second-order valence-electron chi connectivity index (χ2n) is 17.0. The van der Waals surface area contributed by atoms with E-state index in [1.807, 2.05) is 182 Å². The third kappa shape index (κ3) is 14.6. The molecule has 2 fully saturated rings. The van der Waals surface area contributed by atoms with E-state index in [0.717, 1.165) is 33.4 Å². The van der Waals surface area contributed by atoms with Gasteiger partial charge in [0.2, 0.25) is 0 Å². The first kappa shape index (κ1) is 50.1. The fourth-order valence-corrected chi connectivity index (χ4v) is 8.47. The Bertz CT molecular complexity index is 2470. The molecule has 6 aromatic rings. The molecule has 70 heavy (non-hydrogen) atoms. The van der Waals surface area contributed by atoms with E-state index < -0.39 is 67.3 Å².